The lowest BCUT2D eigenvalue weighted by Crippen LogP contribution is -2.45. The second-order valence-electron chi connectivity index (χ2n) is 4.26. The minimum atomic E-state index is -0.113. The molecule has 0 radical (unpaired) electrons. The Morgan fingerprint density at radius 1 is 1.29 bits per heavy atom. The number of carbonyl (C=O) groups is 2. The molecule has 1 heterocycles. The lowest BCUT2D eigenvalue weighted by atomic mass is 10.1. The fourth-order valence-electron chi connectivity index (χ4n) is 1.73. The molecule has 1 fully saturated rings. The quantitative estimate of drug-likeness (QED) is 0.752. The van der Waals surface area contributed by atoms with E-state index in [1.807, 2.05) is 38.1 Å². The molecule has 0 bridgehead atoms. The van der Waals surface area contributed by atoms with E-state index in [1.54, 1.807) is 0 Å². The number of thioether (sulfide) groups is 1. The third-order valence-electron chi connectivity index (χ3n) is 2.83. The van der Waals surface area contributed by atoms with E-state index in [9.17, 15) is 9.59 Å². The number of carbonyl (C=O) groups excluding carboxylic acids is 2. The van der Waals surface area contributed by atoms with Gasteiger partial charge in [0.25, 0.3) is 0 Å². The minimum Gasteiger partial charge on any atom is -0.276 e. The Morgan fingerprint density at radius 2 is 1.94 bits per heavy atom. The number of amides is 2. The van der Waals surface area contributed by atoms with E-state index >= 15 is 0 Å². The van der Waals surface area contributed by atoms with Crippen LogP contribution in [0.3, 0.4) is 0 Å². The van der Waals surface area contributed by atoms with Crippen molar-refractivity contribution < 1.29 is 9.59 Å². The summed E-state index contributed by atoms with van der Waals surface area (Å²) in [5.74, 6) is 0.240. The van der Waals surface area contributed by atoms with Crippen LogP contribution in [0.5, 0.6) is 0 Å². The first-order valence-electron chi connectivity index (χ1n) is 5.59. The van der Waals surface area contributed by atoms with Gasteiger partial charge in [0.1, 0.15) is 0 Å². The Labute approximate surface area is 105 Å². The summed E-state index contributed by atoms with van der Waals surface area (Å²) in [6.45, 7) is 4.25. The molecule has 0 N–H and O–H groups in total. The maximum Gasteiger partial charge on any atom is 0.242 e. The van der Waals surface area contributed by atoms with E-state index in [1.165, 1.54) is 22.2 Å². The van der Waals surface area contributed by atoms with Crippen LogP contribution in [0.15, 0.2) is 24.3 Å². The summed E-state index contributed by atoms with van der Waals surface area (Å²) in [6.07, 6.45) is 0. The largest absolute Gasteiger partial charge is 0.276 e. The molecule has 1 saturated heterocycles. The molecule has 0 saturated carbocycles. The van der Waals surface area contributed by atoms with Gasteiger partial charge in [0.15, 0.2) is 0 Å². The van der Waals surface area contributed by atoms with E-state index in [4.69, 9.17) is 0 Å². The Kier molecular flexibility index (Phi) is 3.52. The molecule has 2 rings (SSSR count). The minimum absolute atomic E-state index is 0.0770. The van der Waals surface area contributed by atoms with Crippen LogP contribution < -0.4 is 0 Å². The normalized spacial score (nSPS) is 20.8. The summed E-state index contributed by atoms with van der Waals surface area (Å²) in [6, 6.07) is 7.91. The molecular formula is C13H15NO2S. The maximum atomic E-state index is 11.9. The van der Waals surface area contributed by atoms with Crippen LogP contribution in [0.25, 0.3) is 0 Å². The number of aryl methyl sites for hydroxylation is 1. The third-order valence-corrected chi connectivity index (χ3v) is 3.95. The molecule has 0 aliphatic carbocycles. The highest BCUT2D eigenvalue weighted by Gasteiger charge is 2.31. The van der Waals surface area contributed by atoms with Crippen molar-refractivity contribution in [2.45, 2.75) is 25.6 Å². The van der Waals surface area contributed by atoms with Gasteiger partial charge in [0, 0.05) is 0 Å². The van der Waals surface area contributed by atoms with Gasteiger partial charge in [-0.2, -0.15) is 0 Å². The van der Waals surface area contributed by atoms with Crippen LogP contribution in [-0.4, -0.2) is 27.7 Å². The Morgan fingerprint density at radius 3 is 2.59 bits per heavy atom. The van der Waals surface area contributed by atoms with E-state index < -0.39 is 0 Å². The van der Waals surface area contributed by atoms with Crippen LogP contribution >= 0.6 is 11.8 Å². The number of imide groups is 1. The average molecular weight is 249 g/mol. The molecule has 1 aliphatic heterocycles. The van der Waals surface area contributed by atoms with Crippen molar-refractivity contribution in [2.75, 3.05) is 5.75 Å². The highest BCUT2D eigenvalue weighted by Crippen LogP contribution is 2.22. The molecule has 0 unspecified atom stereocenters. The molecule has 3 nitrogen and oxygen atoms in total. The molecule has 17 heavy (non-hydrogen) atoms. The van der Waals surface area contributed by atoms with Crippen LogP contribution in [0.2, 0.25) is 0 Å². The monoisotopic (exact) mass is 249 g/mol. The molecule has 1 atom stereocenters. The van der Waals surface area contributed by atoms with Gasteiger partial charge in [0.2, 0.25) is 11.8 Å². The van der Waals surface area contributed by atoms with Crippen LogP contribution in [-0.2, 0) is 16.1 Å². The molecule has 0 aromatic heterocycles. The van der Waals surface area contributed by atoms with Crippen molar-refractivity contribution >= 4 is 23.6 Å². The van der Waals surface area contributed by atoms with Crippen LogP contribution in [0, 0.1) is 6.92 Å². The van der Waals surface area contributed by atoms with Gasteiger partial charge in [-0.05, 0) is 19.4 Å². The molecule has 1 aromatic rings. The summed E-state index contributed by atoms with van der Waals surface area (Å²) in [7, 11) is 0. The van der Waals surface area contributed by atoms with E-state index in [0.717, 1.165) is 5.56 Å². The maximum absolute atomic E-state index is 11.9. The van der Waals surface area contributed by atoms with Crippen molar-refractivity contribution in [1.82, 2.24) is 4.90 Å². The molecule has 0 spiro atoms. The third kappa shape index (κ3) is 2.69. The molecule has 1 aliphatic rings. The number of hydrogen-bond donors (Lipinski definition) is 0. The SMILES string of the molecule is Cc1ccc(CN2C(=O)CS[C@@H](C)C2=O)cc1. The van der Waals surface area contributed by atoms with Crippen molar-refractivity contribution in [3.8, 4) is 0 Å². The average Bonchev–Trinajstić information content (AvgIpc) is 2.32. The number of nitrogens with zero attached hydrogens (tertiary/aromatic N) is 1. The summed E-state index contributed by atoms with van der Waals surface area (Å²) in [5, 5.41) is -0.113. The van der Waals surface area contributed by atoms with Gasteiger partial charge < -0.3 is 0 Å². The molecule has 1 aromatic carbocycles. The molecular weight excluding hydrogens is 234 g/mol. The second kappa shape index (κ2) is 4.92. The van der Waals surface area contributed by atoms with Gasteiger partial charge in [-0.15, -0.1) is 11.8 Å². The highest BCUT2D eigenvalue weighted by molar-refractivity contribution is 8.01. The van der Waals surface area contributed by atoms with Gasteiger partial charge in [-0.25, -0.2) is 0 Å². The van der Waals surface area contributed by atoms with Crippen molar-refractivity contribution in [3.05, 3.63) is 35.4 Å². The van der Waals surface area contributed by atoms with Gasteiger partial charge in [-0.1, -0.05) is 29.8 Å². The van der Waals surface area contributed by atoms with Crippen LogP contribution in [0.1, 0.15) is 18.1 Å². The zero-order chi connectivity index (χ0) is 12.4. The Bertz CT molecular complexity index is 441. The van der Waals surface area contributed by atoms with Crippen molar-refractivity contribution in [3.63, 3.8) is 0 Å². The standard InChI is InChI=1S/C13H15NO2S/c1-9-3-5-11(6-4-9)7-14-12(15)8-17-10(2)13(14)16/h3-6,10H,7-8H2,1-2H3/t10-/m0/s1. The summed E-state index contributed by atoms with van der Waals surface area (Å²) < 4.78 is 0. The fourth-order valence-corrected chi connectivity index (χ4v) is 2.55. The smallest absolute Gasteiger partial charge is 0.242 e. The number of hydrogen-bond acceptors (Lipinski definition) is 3. The first-order chi connectivity index (χ1) is 8.08. The number of rotatable bonds is 2. The Hall–Kier alpha value is -1.29. The first kappa shape index (κ1) is 12.2. The topological polar surface area (TPSA) is 37.4 Å². The summed E-state index contributed by atoms with van der Waals surface area (Å²) >= 11 is 1.41. The van der Waals surface area contributed by atoms with Crippen molar-refractivity contribution in [1.29, 1.82) is 0 Å². The second-order valence-corrected chi connectivity index (χ2v) is 5.59. The lowest BCUT2D eigenvalue weighted by Gasteiger charge is -2.28. The zero-order valence-electron chi connectivity index (χ0n) is 9.97. The fraction of sp³-hybridized carbons (Fsp3) is 0.385. The van der Waals surface area contributed by atoms with E-state index in [2.05, 4.69) is 0 Å². The first-order valence-corrected chi connectivity index (χ1v) is 6.64. The van der Waals surface area contributed by atoms with Crippen LogP contribution in [0.4, 0.5) is 0 Å². The summed E-state index contributed by atoms with van der Waals surface area (Å²) in [4.78, 5) is 25.0. The predicted molar refractivity (Wildman–Crippen MR) is 68.7 cm³/mol. The molecule has 90 valence electrons. The molecule has 2 amide bonds. The summed E-state index contributed by atoms with van der Waals surface area (Å²) in [5.41, 5.74) is 2.17. The van der Waals surface area contributed by atoms with Gasteiger partial charge in [0.05, 0.1) is 17.5 Å². The highest BCUT2D eigenvalue weighted by atomic mass is 32.2. The zero-order valence-corrected chi connectivity index (χ0v) is 10.8. The lowest BCUT2D eigenvalue weighted by molar-refractivity contribution is -0.144. The Balaban J connectivity index is 2.13. The molecule has 4 heteroatoms. The van der Waals surface area contributed by atoms with E-state index in [0.29, 0.717) is 12.3 Å². The van der Waals surface area contributed by atoms with Crippen molar-refractivity contribution in [2.24, 2.45) is 0 Å². The van der Waals surface area contributed by atoms with Gasteiger partial charge >= 0.3 is 0 Å². The number of benzene rings is 1. The van der Waals surface area contributed by atoms with Gasteiger partial charge in [-0.3, -0.25) is 14.5 Å². The van der Waals surface area contributed by atoms with E-state index in [-0.39, 0.29) is 17.1 Å². The predicted octanol–water partition coefficient (Wildman–Crippen LogP) is 1.99.